The number of rotatable bonds is 4. The fourth-order valence-electron chi connectivity index (χ4n) is 1.55. The lowest BCUT2D eigenvalue weighted by atomic mass is 10.2. The van der Waals surface area contributed by atoms with Crippen LogP contribution in [0.1, 0.15) is 10.4 Å². The highest BCUT2D eigenvalue weighted by molar-refractivity contribution is 7.89. The van der Waals surface area contributed by atoms with Gasteiger partial charge in [0.1, 0.15) is 0 Å². The van der Waals surface area contributed by atoms with E-state index in [0.29, 0.717) is 5.69 Å². The van der Waals surface area contributed by atoms with Crippen LogP contribution in [0.3, 0.4) is 0 Å². The van der Waals surface area contributed by atoms with E-state index in [1.54, 1.807) is 0 Å². The molecule has 0 saturated carbocycles. The van der Waals surface area contributed by atoms with E-state index >= 15 is 0 Å². The molecule has 0 radical (unpaired) electrons. The molecule has 2 aromatic rings. The summed E-state index contributed by atoms with van der Waals surface area (Å²) in [7, 11) is -2.20. The van der Waals surface area contributed by atoms with Crippen molar-refractivity contribution in [3.63, 3.8) is 0 Å². The number of sulfonamides is 1. The summed E-state index contributed by atoms with van der Waals surface area (Å²) in [6, 6.07) is 8.03. The Morgan fingerprint density at radius 2 is 1.81 bits per heavy atom. The predicted octanol–water partition coefficient (Wildman–Crippen LogP) is 1.38. The Morgan fingerprint density at radius 1 is 1.14 bits per heavy atom. The molecular formula is C13H12FN3O3S. The van der Waals surface area contributed by atoms with Crippen molar-refractivity contribution >= 4 is 21.6 Å². The summed E-state index contributed by atoms with van der Waals surface area (Å²) in [5.41, 5.74) is 0.614. The van der Waals surface area contributed by atoms with Crippen LogP contribution in [0.2, 0.25) is 0 Å². The van der Waals surface area contributed by atoms with Crippen molar-refractivity contribution in [1.29, 1.82) is 0 Å². The number of halogens is 1. The van der Waals surface area contributed by atoms with Crippen molar-refractivity contribution in [2.75, 3.05) is 12.4 Å². The lowest BCUT2D eigenvalue weighted by Crippen LogP contribution is -2.18. The molecule has 1 aromatic heterocycles. The molecule has 21 heavy (non-hydrogen) atoms. The summed E-state index contributed by atoms with van der Waals surface area (Å²) in [6.07, 6.45) is 1.12. The quantitative estimate of drug-likeness (QED) is 0.835. The Morgan fingerprint density at radius 3 is 2.33 bits per heavy atom. The molecule has 1 heterocycles. The van der Waals surface area contributed by atoms with Crippen molar-refractivity contribution in [2.45, 2.75) is 4.90 Å². The molecule has 0 fully saturated rings. The third-order valence-corrected chi connectivity index (χ3v) is 4.11. The van der Waals surface area contributed by atoms with E-state index in [-0.39, 0.29) is 10.5 Å². The number of carbonyl (C=O) groups excluding carboxylic acids is 1. The first-order valence-corrected chi connectivity index (χ1v) is 7.37. The zero-order valence-corrected chi connectivity index (χ0v) is 11.8. The minimum atomic E-state index is -3.51. The molecule has 0 bridgehead atoms. The monoisotopic (exact) mass is 309 g/mol. The summed E-state index contributed by atoms with van der Waals surface area (Å²) in [5, 5.41) is 2.56. The third-order valence-electron chi connectivity index (χ3n) is 2.68. The molecule has 1 aromatic carbocycles. The van der Waals surface area contributed by atoms with E-state index in [2.05, 4.69) is 15.0 Å². The van der Waals surface area contributed by atoms with E-state index in [9.17, 15) is 17.6 Å². The summed E-state index contributed by atoms with van der Waals surface area (Å²) >= 11 is 0. The van der Waals surface area contributed by atoms with Gasteiger partial charge in [0.25, 0.3) is 5.91 Å². The van der Waals surface area contributed by atoms with Gasteiger partial charge in [-0.15, -0.1) is 0 Å². The number of hydrogen-bond donors (Lipinski definition) is 2. The van der Waals surface area contributed by atoms with Crippen LogP contribution < -0.4 is 10.0 Å². The molecule has 0 unspecified atom stereocenters. The number of aromatic nitrogens is 1. The maximum absolute atomic E-state index is 12.7. The number of anilines is 1. The number of nitrogens with zero attached hydrogens (tertiary/aromatic N) is 1. The second kappa shape index (κ2) is 5.98. The third kappa shape index (κ3) is 3.61. The van der Waals surface area contributed by atoms with Gasteiger partial charge in [-0.05, 0) is 43.4 Å². The minimum Gasteiger partial charge on any atom is -0.322 e. The van der Waals surface area contributed by atoms with Crippen LogP contribution in [-0.2, 0) is 10.0 Å². The van der Waals surface area contributed by atoms with Crippen LogP contribution in [0.5, 0.6) is 0 Å². The van der Waals surface area contributed by atoms with Gasteiger partial charge in [0, 0.05) is 11.9 Å². The van der Waals surface area contributed by atoms with E-state index in [1.807, 2.05) is 0 Å². The highest BCUT2D eigenvalue weighted by Gasteiger charge is 2.11. The van der Waals surface area contributed by atoms with Crippen molar-refractivity contribution in [1.82, 2.24) is 9.71 Å². The van der Waals surface area contributed by atoms with E-state index in [1.165, 1.54) is 37.4 Å². The number of carbonyl (C=O) groups is 1. The van der Waals surface area contributed by atoms with Crippen LogP contribution in [0.4, 0.5) is 10.1 Å². The smallest absolute Gasteiger partial charge is 0.257 e. The standard InChI is InChI=1S/C13H12FN3O3S/c1-15-21(19,20)11-5-3-10(4-6-11)17-13(18)9-2-7-12(14)16-8-9/h2-8,15H,1H3,(H,17,18). The highest BCUT2D eigenvalue weighted by Crippen LogP contribution is 2.14. The molecule has 8 heteroatoms. The normalized spacial score (nSPS) is 11.1. The Hall–Kier alpha value is -2.32. The molecule has 2 N–H and O–H groups in total. The second-order valence-electron chi connectivity index (χ2n) is 4.06. The SMILES string of the molecule is CNS(=O)(=O)c1ccc(NC(=O)c2ccc(F)nc2)cc1. The molecule has 0 aliphatic heterocycles. The van der Waals surface area contributed by atoms with E-state index in [0.717, 1.165) is 12.3 Å². The van der Waals surface area contributed by atoms with Crippen LogP contribution in [-0.4, -0.2) is 26.4 Å². The van der Waals surface area contributed by atoms with E-state index < -0.39 is 21.9 Å². The maximum Gasteiger partial charge on any atom is 0.257 e. The van der Waals surface area contributed by atoms with Gasteiger partial charge in [0.05, 0.1) is 10.5 Å². The Labute approximate surface area is 121 Å². The number of amides is 1. The Kier molecular flexibility index (Phi) is 4.29. The molecule has 0 spiro atoms. The second-order valence-corrected chi connectivity index (χ2v) is 5.94. The predicted molar refractivity (Wildman–Crippen MR) is 74.8 cm³/mol. The zero-order valence-electron chi connectivity index (χ0n) is 11.0. The molecule has 6 nitrogen and oxygen atoms in total. The summed E-state index contributed by atoms with van der Waals surface area (Å²) in [6.45, 7) is 0. The van der Waals surface area contributed by atoms with Crippen molar-refractivity contribution < 1.29 is 17.6 Å². The molecule has 0 atom stereocenters. The largest absolute Gasteiger partial charge is 0.322 e. The first kappa shape index (κ1) is 15.1. The molecular weight excluding hydrogens is 297 g/mol. The first-order chi connectivity index (χ1) is 9.92. The summed E-state index contributed by atoms with van der Waals surface area (Å²) in [5.74, 6) is -1.14. The number of hydrogen-bond acceptors (Lipinski definition) is 4. The summed E-state index contributed by atoms with van der Waals surface area (Å²) in [4.78, 5) is 15.3. The molecule has 2 rings (SSSR count). The van der Waals surface area contributed by atoms with Crippen molar-refractivity contribution in [3.8, 4) is 0 Å². The lowest BCUT2D eigenvalue weighted by Gasteiger charge is -2.06. The average molecular weight is 309 g/mol. The topological polar surface area (TPSA) is 88.2 Å². The Balaban J connectivity index is 2.13. The van der Waals surface area contributed by atoms with Gasteiger partial charge in [-0.3, -0.25) is 4.79 Å². The van der Waals surface area contributed by atoms with Gasteiger partial charge in [-0.2, -0.15) is 4.39 Å². The number of pyridine rings is 1. The molecule has 0 aliphatic carbocycles. The minimum absolute atomic E-state index is 0.0893. The van der Waals surface area contributed by atoms with Crippen LogP contribution in [0.25, 0.3) is 0 Å². The van der Waals surface area contributed by atoms with Crippen LogP contribution in [0.15, 0.2) is 47.5 Å². The highest BCUT2D eigenvalue weighted by atomic mass is 32.2. The van der Waals surface area contributed by atoms with Crippen molar-refractivity contribution in [2.24, 2.45) is 0 Å². The lowest BCUT2D eigenvalue weighted by molar-refractivity contribution is 0.102. The van der Waals surface area contributed by atoms with Crippen molar-refractivity contribution in [3.05, 3.63) is 54.1 Å². The van der Waals surface area contributed by atoms with Crippen LogP contribution in [0, 0.1) is 5.95 Å². The van der Waals surface area contributed by atoms with Gasteiger partial charge in [0.2, 0.25) is 16.0 Å². The number of benzene rings is 1. The Bertz CT molecular complexity index is 743. The molecule has 0 aliphatic rings. The fourth-order valence-corrected chi connectivity index (χ4v) is 2.28. The van der Waals surface area contributed by atoms with Gasteiger partial charge >= 0.3 is 0 Å². The summed E-state index contributed by atoms with van der Waals surface area (Å²) < 4.78 is 37.9. The van der Waals surface area contributed by atoms with Gasteiger partial charge in [-0.1, -0.05) is 0 Å². The molecule has 110 valence electrons. The average Bonchev–Trinajstić information content (AvgIpc) is 2.48. The molecule has 0 saturated heterocycles. The number of nitrogens with one attached hydrogen (secondary N) is 2. The molecule has 1 amide bonds. The van der Waals surface area contributed by atoms with Gasteiger partial charge in [0.15, 0.2) is 0 Å². The maximum atomic E-state index is 12.7. The fraction of sp³-hybridized carbons (Fsp3) is 0.0769. The van der Waals surface area contributed by atoms with Gasteiger partial charge in [-0.25, -0.2) is 18.1 Å². The first-order valence-electron chi connectivity index (χ1n) is 5.89. The van der Waals surface area contributed by atoms with E-state index in [4.69, 9.17) is 0 Å². The van der Waals surface area contributed by atoms with Crippen LogP contribution >= 0.6 is 0 Å². The zero-order chi connectivity index (χ0) is 15.5. The van der Waals surface area contributed by atoms with Gasteiger partial charge < -0.3 is 5.32 Å².